The van der Waals surface area contributed by atoms with Gasteiger partial charge < -0.3 is 5.32 Å². The number of nitrogens with zero attached hydrogens (tertiary/aromatic N) is 4. The Morgan fingerprint density at radius 1 is 1.07 bits per heavy atom. The number of hydrogen-bond donors (Lipinski definition) is 1. The van der Waals surface area contributed by atoms with E-state index >= 15 is 0 Å². The molecule has 2 aromatic carbocycles. The van der Waals surface area contributed by atoms with E-state index in [0.717, 1.165) is 9.37 Å². The van der Waals surface area contributed by atoms with Gasteiger partial charge in [0.05, 0.1) is 5.69 Å². The van der Waals surface area contributed by atoms with Crippen molar-refractivity contribution in [3.63, 3.8) is 0 Å². The zero-order valence-electron chi connectivity index (χ0n) is 14.3. The molecule has 2 atom stereocenters. The maximum atomic E-state index is 12.9. The highest BCUT2D eigenvalue weighted by Gasteiger charge is 2.55. The Hall–Kier alpha value is -2.78. The van der Waals surface area contributed by atoms with Gasteiger partial charge >= 0.3 is 0 Å². The second-order valence-corrected chi connectivity index (χ2v) is 7.59. The Morgan fingerprint density at radius 3 is 2.43 bits per heavy atom. The summed E-state index contributed by atoms with van der Waals surface area (Å²) in [5, 5.41) is 12.3. The summed E-state index contributed by atoms with van der Waals surface area (Å²) in [5.41, 5.74) is 1.01. The largest absolute Gasteiger partial charge is 0.324 e. The monoisotopic (exact) mass is 461 g/mol. The van der Waals surface area contributed by atoms with Gasteiger partial charge in [-0.15, -0.1) is 0 Å². The summed E-state index contributed by atoms with van der Waals surface area (Å²) < 4.78 is 0.829. The van der Waals surface area contributed by atoms with Gasteiger partial charge in [0.2, 0.25) is 5.91 Å². The number of amides is 3. The molecule has 8 nitrogen and oxygen atoms in total. The summed E-state index contributed by atoms with van der Waals surface area (Å²) in [5.74, 6) is -1.30. The molecule has 28 heavy (non-hydrogen) atoms. The third-order valence-electron chi connectivity index (χ3n) is 4.38. The van der Waals surface area contributed by atoms with Gasteiger partial charge in [0.15, 0.2) is 12.1 Å². The number of nitrogens with one attached hydrogen (secondary N) is 1. The summed E-state index contributed by atoms with van der Waals surface area (Å²) >= 11 is 9.14. The number of carbonyl (C=O) groups is 3. The van der Waals surface area contributed by atoms with E-state index in [0.29, 0.717) is 16.4 Å². The highest BCUT2D eigenvalue weighted by atomic mass is 79.9. The first-order chi connectivity index (χ1) is 13.4. The predicted octanol–water partition coefficient (Wildman–Crippen LogP) is 3.03. The van der Waals surface area contributed by atoms with Crippen LogP contribution in [0.15, 0.2) is 63.3 Å². The van der Waals surface area contributed by atoms with Crippen molar-refractivity contribution in [3.8, 4) is 0 Å². The standard InChI is InChI=1S/C18H13BrClN5O3/c19-10-1-7-13(8-2-10)25-17(27)15-16(18(25)28)24(23-22-15)9-14(26)21-12-5-3-11(20)4-6-12/h1-8,15-16H,9H2,(H,21,26)/t15-,16+/m1/s1. The van der Waals surface area contributed by atoms with E-state index in [-0.39, 0.29) is 12.5 Å². The maximum absolute atomic E-state index is 12.9. The van der Waals surface area contributed by atoms with E-state index in [1.165, 1.54) is 5.01 Å². The van der Waals surface area contributed by atoms with Crippen molar-refractivity contribution in [1.82, 2.24) is 5.01 Å². The summed E-state index contributed by atoms with van der Waals surface area (Å²) in [7, 11) is 0. The number of hydrogen-bond acceptors (Lipinski definition) is 6. The third kappa shape index (κ3) is 3.38. The number of halogens is 2. The lowest BCUT2D eigenvalue weighted by molar-refractivity contribution is -0.123. The van der Waals surface area contributed by atoms with Gasteiger partial charge in [-0.05, 0) is 48.5 Å². The molecule has 0 aliphatic carbocycles. The van der Waals surface area contributed by atoms with Crippen LogP contribution < -0.4 is 10.2 Å². The first-order valence-electron chi connectivity index (χ1n) is 8.30. The van der Waals surface area contributed by atoms with Crippen LogP contribution in [0, 0.1) is 0 Å². The van der Waals surface area contributed by atoms with Crippen LogP contribution in [0.4, 0.5) is 11.4 Å². The van der Waals surface area contributed by atoms with E-state index in [1.807, 2.05) is 0 Å². The van der Waals surface area contributed by atoms with Crippen LogP contribution >= 0.6 is 27.5 Å². The fraction of sp³-hybridized carbons (Fsp3) is 0.167. The molecule has 2 heterocycles. The molecular weight excluding hydrogens is 450 g/mol. The highest BCUT2D eigenvalue weighted by molar-refractivity contribution is 9.10. The normalized spacial score (nSPS) is 20.6. The number of imide groups is 1. The van der Waals surface area contributed by atoms with Crippen LogP contribution in [0.2, 0.25) is 5.02 Å². The topological polar surface area (TPSA) is 94.4 Å². The molecule has 0 radical (unpaired) electrons. The molecule has 2 aliphatic rings. The molecule has 0 spiro atoms. The van der Waals surface area contributed by atoms with Gasteiger partial charge in [-0.1, -0.05) is 32.8 Å². The molecule has 0 unspecified atom stereocenters. The summed E-state index contributed by atoms with van der Waals surface area (Å²) in [4.78, 5) is 38.9. The number of benzene rings is 2. The van der Waals surface area contributed by atoms with Crippen LogP contribution in [0.25, 0.3) is 0 Å². The van der Waals surface area contributed by atoms with E-state index in [9.17, 15) is 14.4 Å². The highest BCUT2D eigenvalue weighted by Crippen LogP contribution is 2.32. The summed E-state index contributed by atoms with van der Waals surface area (Å²) in [6, 6.07) is 11.6. The molecule has 3 amide bonds. The van der Waals surface area contributed by atoms with Crippen molar-refractivity contribution in [3.05, 3.63) is 58.0 Å². The van der Waals surface area contributed by atoms with Crippen LogP contribution in [-0.4, -0.2) is 41.4 Å². The molecule has 0 saturated carbocycles. The first-order valence-corrected chi connectivity index (χ1v) is 9.47. The van der Waals surface area contributed by atoms with Crippen molar-refractivity contribution in [2.75, 3.05) is 16.8 Å². The lowest BCUT2D eigenvalue weighted by atomic mass is 10.1. The fourth-order valence-electron chi connectivity index (χ4n) is 3.08. The van der Waals surface area contributed by atoms with Gasteiger partial charge in [-0.2, -0.15) is 5.11 Å². The molecule has 1 fully saturated rings. The summed E-state index contributed by atoms with van der Waals surface area (Å²) in [6.45, 7) is -0.208. The zero-order chi connectivity index (χ0) is 19.8. The Balaban J connectivity index is 1.48. The second kappa shape index (κ2) is 7.33. The first kappa shape index (κ1) is 18.6. The van der Waals surface area contributed by atoms with Gasteiger partial charge in [0, 0.05) is 15.2 Å². The average molecular weight is 463 g/mol. The van der Waals surface area contributed by atoms with Crippen LogP contribution in [0.5, 0.6) is 0 Å². The number of fused-ring (bicyclic) bond motifs is 1. The Bertz CT molecular complexity index is 980. The zero-order valence-corrected chi connectivity index (χ0v) is 16.6. The van der Waals surface area contributed by atoms with E-state index < -0.39 is 23.9 Å². The molecule has 0 aromatic heterocycles. The average Bonchev–Trinajstić information content (AvgIpc) is 3.18. The number of anilines is 2. The molecule has 142 valence electrons. The van der Waals surface area contributed by atoms with Crippen molar-refractivity contribution < 1.29 is 14.4 Å². The van der Waals surface area contributed by atoms with Crippen molar-refractivity contribution in [1.29, 1.82) is 0 Å². The minimum atomic E-state index is -0.945. The molecule has 1 saturated heterocycles. The third-order valence-corrected chi connectivity index (χ3v) is 5.16. The van der Waals surface area contributed by atoms with E-state index in [1.54, 1.807) is 48.5 Å². The van der Waals surface area contributed by atoms with E-state index in [4.69, 9.17) is 11.6 Å². The lowest BCUT2D eigenvalue weighted by Gasteiger charge is -2.20. The van der Waals surface area contributed by atoms with Crippen LogP contribution in [-0.2, 0) is 14.4 Å². The minimum absolute atomic E-state index is 0.208. The number of carbonyl (C=O) groups excluding carboxylic acids is 3. The Morgan fingerprint density at radius 2 is 1.75 bits per heavy atom. The maximum Gasteiger partial charge on any atom is 0.263 e. The molecular formula is C18H13BrClN5O3. The molecule has 2 aromatic rings. The summed E-state index contributed by atoms with van der Waals surface area (Å²) in [6.07, 6.45) is 0. The predicted molar refractivity (Wildman–Crippen MR) is 106 cm³/mol. The van der Waals surface area contributed by atoms with Gasteiger partial charge in [-0.3, -0.25) is 19.4 Å². The van der Waals surface area contributed by atoms with E-state index in [2.05, 4.69) is 31.6 Å². The smallest absolute Gasteiger partial charge is 0.263 e. The van der Waals surface area contributed by atoms with Crippen molar-refractivity contribution in [2.24, 2.45) is 10.3 Å². The van der Waals surface area contributed by atoms with Crippen LogP contribution in [0.1, 0.15) is 0 Å². The second-order valence-electron chi connectivity index (χ2n) is 6.24. The quantitative estimate of drug-likeness (QED) is 0.707. The Kier molecular flexibility index (Phi) is 4.86. The van der Waals surface area contributed by atoms with Crippen molar-refractivity contribution >= 4 is 56.6 Å². The minimum Gasteiger partial charge on any atom is -0.324 e. The van der Waals surface area contributed by atoms with Gasteiger partial charge in [0.25, 0.3) is 11.8 Å². The molecule has 4 rings (SSSR count). The SMILES string of the molecule is O=C(CN1N=N[C@H]2C(=O)N(c3ccc(Br)cc3)C(=O)[C@H]21)Nc1ccc(Cl)cc1. The molecule has 1 N–H and O–H groups in total. The lowest BCUT2D eigenvalue weighted by Crippen LogP contribution is -2.43. The fourth-order valence-corrected chi connectivity index (χ4v) is 3.47. The Labute approximate surface area is 173 Å². The van der Waals surface area contributed by atoms with Gasteiger partial charge in [-0.25, -0.2) is 4.90 Å². The molecule has 2 aliphatic heterocycles. The van der Waals surface area contributed by atoms with Crippen LogP contribution in [0.3, 0.4) is 0 Å². The van der Waals surface area contributed by atoms with Crippen molar-refractivity contribution in [2.45, 2.75) is 12.1 Å². The number of rotatable bonds is 4. The molecule has 0 bridgehead atoms. The molecule has 10 heteroatoms. The van der Waals surface area contributed by atoms with Gasteiger partial charge in [0.1, 0.15) is 6.54 Å².